The summed E-state index contributed by atoms with van der Waals surface area (Å²) < 4.78 is 23.2. The Morgan fingerprint density at radius 1 is 0.585 bits per heavy atom. The SMILES string of the molecule is C/C=C/CC/C=C/CC/C=C/CCCC(O)C(O)C(COP(=O)([O-])OCC[N+](C)(C)C)NC(=O)CCCCCCCCCCCCCCCCCC/C=C\C/C=C\C/C=C\C/C=C\CC. The Morgan fingerprint density at radius 3 is 1.49 bits per heavy atom. The molecule has 0 heterocycles. The largest absolute Gasteiger partial charge is 0.756 e. The van der Waals surface area contributed by atoms with Gasteiger partial charge in [-0.1, -0.05) is 182 Å². The van der Waals surface area contributed by atoms with Gasteiger partial charge in [0.1, 0.15) is 19.3 Å². The fraction of sp³-hybridized carbons (Fsp3) is 0.727. The molecule has 0 saturated carbocycles. The first-order valence-electron chi connectivity index (χ1n) is 26.0. The summed E-state index contributed by atoms with van der Waals surface area (Å²) >= 11 is 0. The third-order valence-electron chi connectivity index (χ3n) is 11.3. The second-order valence-corrected chi connectivity index (χ2v) is 20.0. The highest BCUT2D eigenvalue weighted by Crippen LogP contribution is 2.38. The molecule has 0 aliphatic heterocycles. The van der Waals surface area contributed by atoms with Crippen molar-refractivity contribution < 1.29 is 38.0 Å². The molecular weight excluding hydrogens is 832 g/mol. The summed E-state index contributed by atoms with van der Waals surface area (Å²) in [5.74, 6) is -0.298. The second kappa shape index (κ2) is 45.4. The van der Waals surface area contributed by atoms with E-state index < -0.39 is 32.7 Å². The van der Waals surface area contributed by atoms with Crippen LogP contribution in [0.1, 0.15) is 200 Å². The van der Waals surface area contributed by atoms with Crippen LogP contribution >= 0.6 is 7.82 Å². The maximum atomic E-state index is 13.0. The molecule has 4 unspecified atom stereocenters. The van der Waals surface area contributed by atoms with Gasteiger partial charge in [-0.05, 0) is 96.8 Å². The van der Waals surface area contributed by atoms with Crippen molar-refractivity contribution in [2.24, 2.45) is 0 Å². The number of hydrogen-bond donors (Lipinski definition) is 3. The number of rotatable bonds is 46. The lowest BCUT2D eigenvalue weighted by atomic mass is 10.0. The van der Waals surface area contributed by atoms with Gasteiger partial charge in [-0.3, -0.25) is 9.36 Å². The number of aliphatic hydroxyl groups is 2. The molecule has 0 radical (unpaired) electrons. The Hall–Kier alpha value is -2.36. The van der Waals surface area contributed by atoms with Crippen LogP contribution in [-0.2, 0) is 18.4 Å². The molecule has 10 heteroatoms. The summed E-state index contributed by atoms with van der Waals surface area (Å²) in [5.41, 5.74) is 0. The number of allylic oxidation sites excluding steroid dienone is 14. The normalized spacial score (nSPS) is 15.3. The van der Waals surface area contributed by atoms with Crippen LogP contribution in [0.3, 0.4) is 0 Å². The van der Waals surface area contributed by atoms with Crippen molar-refractivity contribution in [3.05, 3.63) is 85.1 Å². The molecule has 65 heavy (non-hydrogen) atoms. The number of likely N-dealkylation sites (N-methyl/N-ethyl adjacent to an activating group) is 1. The lowest BCUT2D eigenvalue weighted by Gasteiger charge is -2.31. The van der Waals surface area contributed by atoms with E-state index >= 15 is 0 Å². The van der Waals surface area contributed by atoms with Gasteiger partial charge in [-0.25, -0.2) is 0 Å². The van der Waals surface area contributed by atoms with Crippen molar-refractivity contribution in [1.82, 2.24) is 5.32 Å². The van der Waals surface area contributed by atoms with E-state index in [1.54, 1.807) is 0 Å². The van der Waals surface area contributed by atoms with Crippen LogP contribution in [0.4, 0.5) is 0 Å². The molecule has 0 aromatic rings. The Labute approximate surface area is 399 Å². The zero-order valence-electron chi connectivity index (χ0n) is 42.3. The Balaban J connectivity index is 4.23. The van der Waals surface area contributed by atoms with Gasteiger partial charge in [0.25, 0.3) is 7.82 Å². The van der Waals surface area contributed by atoms with Crippen molar-refractivity contribution in [3.8, 4) is 0 Å². The molecule has 0 aromatic carbocycles. The van der Waals surface area contributed by atoms with Gasteiger partial charge in [0.15, 0.2) is 0 Å². The summed E-state index contributed by atoms with van der Waals surface area (Å²) in [4.78, 5) is 25.5. The lowest BCUT2D eigenvalue weighted by Crippen LogP contribution is -2.51. The Bertz CT molecular complexity index is 1350. The van der Waals surface area contributed by atoms with Gasteiger partial charge < -0.3 is 34.0 Å². The number of phosphoric acid groups is 1. The first-order valence-corrected chi connectivity index (χ1v) is 27.4. The van der Waals surface area contributed by atoms with Crippen LogP contribution in [0.25, 0.3) is 0 Å². The maximum absolute atomic E-state index is 13.0. The number of unbranched alkanes of at least 4 members (excludes halogenated alkanes) is 19. The number of nitrogens with zero attached hydrogens (tertiary/aromatic N) is 1. The molecule has 0 aliphatic carbocycles. The predicted octanol–water partition coefficient (Wildman–Crippen LogP) is 13.6. The molecule has 3 N–H and O–H groups in total. The fourth-order valence-corrected chi connectivity index (χ4v) is 7.89. The van der Waals surface area contributed by atoms with Crippen molar-refractivity contribution in [2.75, 3.05) is 40.9 Å². The quantitative estimate of drug-likeness (QED) is 0.0240. The first kappa shape index (κ1) is 62.6. The minimum absolute atomic E-state index is 0.0531. The number of carbonyl (C=O) groups excluding carboxylic acids is 1. The highest BCUT2D eigenvalue weighted by atomic mass is 31.2. The van der Waals surface area contributed by atoms with Crippen LogP contribution in [0.5, 0.6) is 0 Å². The van der Waals surface area contributed by atoms with E-state index in [0.717, 1.165) is 77.0 Å². The number of hydrogen-bond acceptors (Lipinski definition) is 7. The monoisotopic (exact) mass is 931 g/mol. The highest BCUT2D eigenvalue weighted by Gasteiger charge is 2.29. The molecule has 0 saturated heterocycles. The molecule has 0 fully saturated rings. The number of carbonyl (C=O) groups is 1. The predicted molar refractivity (Wildman–Crippen MR) is 276 cm³/mol. The second-order valence-electron chi connectivity index (χ2n) is 18.6. The van der Waals surface area contributed by atoms with Gasteiger partial charge in [-0.2, -0.15) is 0 Å². The van der Waals surface area contributed by atoms with Crippen LogP contribution in [0.15, 0.2) is 85.1 Å². The van der Waals surface area contributed by atoms with Crippen molar-refractivity contribution in [3.63, 3.8) is 0 Å². The maximum Gasteiger partial charge on any atom is 0.268 e. The molecule has 0 spiro atoms. The average Bonchev–Trinajstić information content (AvgIpc) is 3.26. The zero-order valence-corrected chi connectivity index (χ0v) is 43.2. The topological polar surface area (TPSA) is 128 Å². The van der Waals surface area contributed by atoms with E-state index in [9.17, 15) is 24.5 Å². The third-order valence-corrected chi connectivity index (χ3v) is 12.2. The summed E-state index contributed by atoms with van der Waals surface area (Å²) in [6, 6.07) is -1.10. The lowest BCUT2D eigenvalue weighted by molar-refractivity contribution is -0.870. The van der Waals surface area contributed by atoms with Crippen LogP contribution in [-0.4, -0.2) is 79.8 Å². The molecule has 0 rings (SSSR count). The van der Waals surface area contributed by atoms with Gasteiger partial charge in [0.2, 0.25) is 5.91 Å². The number of amides is 1. The molecule has 1 amide bonds. The van der Waals surface area contributed by atoms with Crippen molar-refractivity contribution in [2.45, 2.75) is 218 Å². The minimum atomic E-state index is -4.69. The number of quaternary nitrogens is 1. The standard InChI is InChI=1S/C55H99N2O7P/c1-6-8-10-12-14-16-18-20-21-22-23-24-25-26-27-28-29-30-31-32-33-34-35-36-38-40-42-44-46-48-54(59)56-52(51-64-65(61,62)63-50-49-57(3,4)5)55(60)53(58)47-45-43-41-39-37-19-17-15-13-11-9-7-2/h7-10,14-17,20-21,23-24,39,41,52-53,55,58,60H,6,11-13,18-19,22,25-38,40,42-51H2,1-5H3,(H-,56,59,61,62)/b9-7+,10-8-,16-14-,17-15+,21-20-,24-23-,41-39+. The number of aliphatic hydroxyl groups excluding tert-OH is 2. The Morgan fingerprint density at radius 2 is 1.00 bits per heavy atom. The van der Waals surface area contributed by atoms with Crippen molar-refractivity contribution in [1.29, 1.82) is 0 Å². The number of nitrogens with one attached hydrogen (secondary N) is 1. The van der Waals surface area contributed by atoms with Crippen LogP contribution in [0, 0.1) is 0 Å². The van der Waals surface area contributed by atoms with E-state index in [2.05, 4.69) is 97.3 Å². The van der Waals surface area contributed by atoms with E-state index in [0.29, 0.717) is 30.3 Å². The summed E-state index contributed by atoms with van der Waals surface area (Å²) in [7, 11) is 1.08. The summed E-state index contributed by atoms with van der Waals surface area (Å²) in [6.45, 7) is 4.07. The molecule has 4 atom stereocenters. The first-order chi connectivity index (χ1) is 31.4. The minimum Gasteiger partial charge on any atom is -0.756 e. The van der Waals surface area contributed by atoms with Crippen LogP contribution in [0.2, 0.25) is 0 Å². The number of phosphoric ester groups is 1. The van der Waals surface area contributed by atoms with Gasteiger partial charge in [0, 0.05) is 6.42 Å². The van der Waals surface area contributed by atoms with E-state index in [1.807, 2.05) is 28.1 Å². The van der Waals surface area contributed by atoms with Gasteiger partial charge >= 0.3 is 0 Å². The summed E-state index contributed by atoms with van der Waals surface area (Å²) in [5, 5.41) is 24.6. The average molecular weight is 931 g/mol. The fourth-order valence-electron chi connectivity index (χ4n) is 7.17. The summed E-state index contributed by atoms with van der Waals surface area (Å²) in [6.07, 6.45) is 59.5. The van der Waals surface area contributed by atoms with Crippen LogP contribution < -0.4 is 10.2 Å². The molecule has 9 nitrogen and oxygen atoms in total. The molecule has 0 aliphatic rings. The molecule has 376 valence electrons. The van der Waals surface area contributed by atoms with Gasteiger partial charge in [0.05, 0.1) is 39.9 Å². The van der Waals surface area contributed by atoms with Crippen molar-refractivity contribution >= 4 is 13.7 Å². The smallest absolute Gasteiger partial charge is 0.268 e. The zero-order chi connectivity index (χ0) is 48.0. The van der Waals surface area contributed by atoms with Gasteiger partial charge in [-0.15, -0.1) is 0 Å². The van der Waals surface area contributed by atoms with E-state index in [1.165, 1.54) is 83.5 Å². The third kappa shape index (κ3) is 46.5. The highest BCUT2D eigenvalue weighted by molar-refractivity contribution is 7.45. The molecule has 0 bridgehead atoms. The molecule has 0 aromatic heterocycles. The molecular formula is C55H99N2O7P. The van der Waals surface area contributed by atoms with E-state index in [4.69, 9.17) is 9.05 Å². The Kier molecular flexibility index (Phi) is 43.8. The van der Waals surface area contributed by atoms with E-state index in [-0.39, 0.29) is 18.9 Å².